The van der Waals surface area contributed by atoms with Gasteiger partial charge in [-0.25, -0.2) is 0 Å². The third-order valence-corrected chi connectivity index (χ3v) is 2.45. The van der Waals surface area contributed by atoms with Gasteiger partial charge in [-0.2, -0.15) is 0 Å². The summed E-state index contributed by atoms with van der Waals surface area (Å²) < 4.78 is 0. The molecule has 4 N–H and O–H groups in total. The zero-order valence-electron chi connectivity index (χ0n) is 7.84. The number of likely N-dealkylation sites (tertiary alicyclic amines) is 1. The molecule has 0 aliphatic carbocycles. The first-order chi connectivity index (χ1) is 6.15. The summed E-state index contributed by atoms with van der Waals surface area (Å²) >= 11 is 0. The number of nitrogens with two attached hydrogens (primary N) is 1. The Hall–Kier alpha value is -1.26. The third kappa shape index (κ3) is 2.34. The molecule has 1 rings (SSSR count). The van der Waals surface area contributed by atoms with Crippen LogP contribution in [0.2, 0.25) is 0 Å². The van der Waals surface area contributed by atoms with Gasteiger partial charge in [0.1, 0.15) is 0 Å². The van der Waals surface area contributed by atoms with Crippen LogP contribution in [0.15, 0.2) is 0 Å². The molecule has 1 aliphatic heterocycles. The van der Waals surface area contributed by atoms with Crippen LogP contribution in [-0.4, -0.2) is 36.9 Å². The van der Waals surface area contributed by atoms with Crippen molar-refractivity contribution in [3.63, 3.8) is 0 Å². The summed E-state index contributed by atoms with van der Waals surface area (Å²) in [6, 6.07) is 0. The molecule has 1 saturated heterocycles. The lowest BCUT2D eigenvalue weighted by Crippen LogP contribution is -2.44. The maximum absolute atomic E-state index is 11.2. The van der Waals surface area contributed by atoms with Gasteiger partial charge in [0.05, 0.1) is 0 Å². The van der Waals surface area contributed by atoms with Crippen molar-refractivity contribution in [1.82, 2.24) is 10.2 Å². The largest absolute Gasteiger partial charge is 0.370 e. The van der Waals surface area contributed by atoms with Gasteiger partial charge in [-0.05, 0) is 12.8 Å². The Morgan fingerprint density at radius 2 is 2.08 bits per heavy atom. The van der Waals surface area contributed by atoms with E-state index in [2.05, 4.69) is 5.32 Å². The highest BCUT2D eigenvalue weighted by Gasteiger charge is 2.24. The smallest absolute Gasteiger partial charge is 0.222 e. The van der Waals surface area contributed by atoms with Crippen LogP contribution in [0.25, 0.3) is 0 Å². The predicted molar refractivity (Wildman–Crippen MR) is 50.3 cm³/mol. The topological polar surface area (TPSA) is 82.2 Å². The molecule has 0 aromatic rings. The van der Waals surface area contributed by atoms with Crippen LogP contribution in [0.3, 0.4) is 0 Å². The van der Waals surface area contributed by atoms with E-state index in [9.17, 15) is 4.79 Å². The molecule has 0 aromatic carbocycles. The summed E-state index contributed by atoms with van der Waals surface area (Å²) in [7, 11) is 1.65. The predicted octanol–water partition coefficient (Wildman–Crippen LogP) is -0.662. The van der Waals surface area contributed by atoms with Gasteiger partial charge < -0.3 is 16.0 Å². The summed E-state index contributed by atoms with van der Waals surface area (Å²) in [6.45, 7) is 1.43. The fourth-order valence-corrected chi connectivity index (χ4v) is 1.59. The molecule has 1 fully saturated rings. The highest BCUT2D eigenvalue weighted by atomic mass is 16.1. The molecule has 5 nitrogen and oxygen atoms in total. The second-order valence-electron chi connectivity index (χ2n) is 3.26. The van der Waals surface area contributed by atoms with Gasteiger partial charge in [0, 0.05) is 26.1 Å². The van der Waals surface area contributed by atoms with Gasteiger partial charge in [0.25, 0.3) is 0 Å². The van der Waals surface area contributed by atoms with Crippen LogP contribution < -0.4 is 11.1 Å². The van der Waals surface area contributed by atoms with Crippen LogP contribution in [0.4, 0.5) is 0 Å². The number of guanidine groups is 1. The Morgan fingerprint density at radius 1 is 1.54 bits per heavy atom. The van der Waals surface area contributed by atoms with Crippen molar-refractivity contribution in [1.29, 1.82) is 5.41 Å². The Balaban J connectivity index is 2.39. The van der Waals surface area contributed by atoms with Gasteiger partial charge in [0.2, 0.25) is 5.91 Å². The molecule has 74 valence electrons. The number of nitrogens with zero attached hydrogens (tertiary/aromatic N) is 1. The van der Waals surface area contributed by atoms with Crippen LogP contribution >= 0.6 is 0 Å². The lowest BCUT2D eigenvalue weighted by molar-refractivity contribution is -0.125. The monoisotopic (exact) mass is 184 g/mol. The second kappa shape index (κ2) is 4.11. The van der Waals surface area contributed by atoms with Crippen LogP contribution in [0.5, 0.6) is 0 Å². The van der Waals surface area contributed by atoms with Crippen molar-refractivity contribution in [2.75, 3.05) is 20.1 Å². The number of piperidine rings is 1. The first-order valence-electron chi connectivity index (χ1n) is 4.45. The van der Waals surface area contributed by atoms with Crippen LogP contribution in [0.1, 0.15) is 12.8 Å². The highest BCUT2D eigenvalue weighted by Crippen LogP contribution is 2.16. The van der Waals surface area contributed by atoms with E-state index in [0.29, 0.717) is 13.1 Å². The van der Waals surface area contributed by atoms with Crippen molar-refractivity contribution >= 4 is 11.9 Å². The standard InChI is InChI=1S/C8H16N4O/c1-11-7(13)6-2-4-12(5-3-6)8(9)10/h6H,2-5H2,1H3,(H3,9,10)(H,11,13). The number of carbonyl (C=O) groups excluding carboxylic acids is 1. The molecule has 13 heavy (non-hydrogen) atoms. The Bertz CT molecular complexity index is 208. The maximum Gasteiger partial charge on any atom is 0.222 e. The van der Waals surface area contributed by atoms with Crippen molar-refractivity contribution in [3.8, 4) is 0 Å². The summed E-state index contributed by atoms with van der Waals surface area (Å²) in [6.07, 6.45) is 1.58. The fourth-order valence-electron chi connectivity index (χ4n) is 1.59. The quantitative estimate of drug-likeness (QED) is 0.373. The number of hydrogen-bond donors (Lipinski definition) is 3. The molecular formula is C8H16N4O. The molecule has 0 spiro atoms. The fraction of sp³-hybridized carbons (Fsp3) is 0.750. The molecule has 1 heterocycles. The number of nitrogens with one attached hydrogen (secondary N) is 2. The van der Waals surface area contributed by atoms with Gasteiger partial charge in [-0.1, -0.05) is 0 Å². The minimum absolute atomic E-state index is 0.0978. The van der Waals surface area contributed by atoms with Gasteiger partial charge in [-0.3, -0.25) is 10.2 Å². The summed E-state index contributed by atoms with van der Waals surface area (Å²) in [5, 5.41) is 9.85. The van der Waals surface area contributed by atoms with Gasteiger partial charge in [-0.15, -0.1) is 0 Å². The number of carbonyl (C=O) groups is 1. The number of rotatable bonds is 1. The lowest BCUT2D eigenvalue weighted by atomic mass is 9.96. The average molecular weight is 184 g/mol. The molecule has 0 unspecified atom stereocenters. The van der Waals surface area contributed by atoms with Crippen molar-refractivity contribution in [2.24, 2.45) is 11.7 Å². The first kappa shape index (κ1) is 9.83. The molecule has 0 saturated carbocycles. The zero-order valence-corrected chi connectivity index (χ0v) is 7.84. The molecule has 0 radical (unpaired) electrons. The van der Waals surface area contributed by atoms with E-state index in [1.807, 2.05) is 0 Å². The van der Waals surface area contributed by atoms with Crippen molar-refractivity contribution in [3.05, 3.63) is 0 Å². The van der Waals surface area contributed by atoms with Crippen LogP contribution in [-0.2, 0) is 4.79 Å². The van der Waals surface area contributed by atoms with E-state index in [1.165, 1.54) is 0 Å². The second-order valence-corrected chi connectivity index (χ2v) is 3.26. The number of hydrogen-bond acceptors (Lipinski definition) is 2. The minimum atomic E-state index is 0.0978. The maximum atomic E-state index is 11.2. The Kier molecular flexibility index (Phi) is 3.11. The molecular weight excluding hydrogens is 168 g/mol. The highest BCUT2D eigenvalue weighted by molar-refractivity contribution is 5.79. The van der Waals surface area contributed by atoms with E-state index in [4.69, 9.17) is 11.1 Å². The molecule has 0 atom stereocenters. The van der Waals surface area contributed by atoms with E-state index >= 15 is 0 Å². The SMILES string of the molecule is CNC(=O)C1CCN(C(=N)N)CC1. The normalized spacial score (nSPS) is 18.4. The van der Waals surface area contributed by atoms with E-state index in [0.717, 1.165) is 12.8 Å². The summed E-state index contributed by atoms with van der Waals surface area (Å²) in [4.78, 5) is 13.0. The zero-order chi connectivity index (χ0) is 9.84. The molecule has 5 heteroatoms. The Morgan fingerprint density at radius 3 is 2.46 bits per heavy atom. The van der Waals surface area contributed by atoms with E-state index in [1.54, 1.807) is 11.9 Å². The van der Waals surface area contributed by atoms with E-state index in [-0.39, 0.29) is 17.8 Å². The summed E-state index contributed by atoms with van der Waals surface area (Å²) in [5.41, 5.74) is 5.33. The average Bonchev–Trinajstić information content (AvgIpc) is 2.17. The molecule has 0 aromatic heterocycles. The number of amides is 1. The molecule has 0 bridgehead atoms. The van der Waals surface area contributed by atoms with Crippen molar-refractivity contribution in [2.45, 2.75) is 12.8 Å². The van der Waals surface area contributed by atoms with Gasteiger partial charge >= 0.3 is 0 Å². The van der Waals surface area contributed by atoms with E-state index < -0.39 is 0 Å². The molecule has 1 amide bonds. The van der Waals surface area contributed by atoms with Gasteiger partial charge in [0.15, 0.2) is 5.96 Å². The third-order valence-electron chi connectivity index (χ3n) is 2.45. The van der Waals surface area contributed by atoms with Crippen LogP contribution in [0, 0.1) is 11.3 Å². The summed E-state index contributed by atoms with van der Waals surface area (Å²) in [5.74, 6) is 0.305. The minimum Gasteiger partial charge on any atom is -0.370 e. The molecule has 1 aliphatic rings. The van der Waals surface area contributed by atoms with Crippen molar-refractivity contribution < 1.29 is 4.79 Å². The lowest BCUT2D eigenvalue weighted by Gasteiger charge is -2.31. The Labute approximate surface area is 77.8 Å². The first-order valence-corrected chi connectivity index (χ1v) is 4.45.